The minimum Gasteiger partial charge on any atom is -0.371 e. The summed E-state index contributed by atoms with van der Waals surface area (Å²) in [4.78, 5) is 21.7. The number of para-hydroxylation sites is 1. The first-order valence-electron chi connectivity index (χ1n) is 9.29. The molecular formula is C21H23N3OS2. The van der Waals surface area contributed by atoms with Crippen LogP contribution in [0.25, 0.3) is 10.6 Å². The zero-order chi connectivity index (χ0) is 18.6. The lowest BCUT2D eigenvalue weighted by atomic mass is 10.1. The van der Waals surface area contributed by atoms with E-state index in [9.17, 15) is 4.79 Å². The van der Waals surface area contributed by atoms with Crippen LogP contribution in [0.3, 0.4) is 0 Å². The van der Waals surface area contributed by atoms with Crippen molar-refractivity contribution in [2.45, 2.75) is 25.8 Å². The first-order valence-corrected chi connectivity index (χ1v) is 11.1. The molecule has 1 aliphatic rings. The van der Waals surface area contributed by atoms with Crippen LogP contribution in [0, 0.1) is 0 Å². The maximum atomic E-state index is 12.9. The summed E-state index contributed by atoms with van der Waals surface area (Å²) in [5.41, 5.74) is 4.07. The fourth-order valence-corrected chi connectivity index (χ4v) is 5.01. The molecule has 1 saturated heterocycles. The van der Waals surface area contributed by atoms with Crippen molar-refractivity contribution in [3.05, 3.63) is 57.7 Å². The molecule has 1 aromatic carbocycles. The third-order valence-electron chi connectivity index (χ3n) is 4.93. The molecule has 140 valence electrons. The van der Waals surface area contributed by atoms with Crippen LogP contribution in [0.5, 0.6) is 0 Å². The number of benzene rings is 1. The summed E-state index contributed by atoms with van der Waals surface area (Å²) >= 11 is 3.17. The molecule has 1 fully saturated rings. The summed E-state index contributed by atoms with van der Waals surface area (Å²) < 4.78 is 0. The highest BCUT2D eigenvalue weighted by molar-refractivity contribution is 7.14. The molecular weight excluding hydrogens is 374 g/mol. The van der Waals surface area contributed by atoms with Gasteiger partial charge in [0.15, 0.2) is 0 Å². The van der Waals surface area contributed by atoms with Crippen LogP contribution in [0.15, 0.2) is 46.5 Å². The van der Waals surface area contributed by atoms with E-state index >= 15 is 0 Å². The highest BCUT2D eigenvalue weighted by atomic mass is 32.1. The molecule has 3 heterocycles. The molecule has 3 aromatic rings. The Hall–Kier alpha value is -2.18. The van der Waals surface area contributed by atoms with Gasteiger partial charge in [-0.3, -0.25) is 4.79 Å². The smallest absolute Gasteiger partial charge is 0.273 e. The van der Waals surface area contributed by atoms with Crippen molar-refractivity contribution in [2.75, 3.05) is 25.0 Å². The molecule has 0 N–H and O–H groups in total. The molecule has 0 radical (unpaired) electrons. The SMILES string of the molecule is CN(Cc1ccccc1N1CCCCC1)C(=O)c1csc(-c2ccsc2)n1. The highest BCUT2D eigenvalue weighted by Gasteiger charge is 2.19. The molecule has 0 aliphatic carbocycles. The maximum Gasteiger partial charge on any atom is 0.273 e. The molecule has 6 heteroatoms. The van der Waals surface area contributed by atoms with Crippen LogP contribution in [0.2, 0.25) is 0 Å². The quantitative estimate of drug-likeness (QED) is 0.598. The van der Waals surface area contributed by atoms with E-state index < -0.39 is 0 Å². The minimum atomic E-state index is -0.0267. The number of aromatic nitrogens is 1. The average Bonchev–Trinajstić information content (AvgIpc) is 3.40. The van der Waals surface area contributed by atoms with Crippen molar-refractivity contribution in [1.29, 1.82) is 0 Å². The Balaban J connectivity index is 1.49. The Bertz CT molecular complexity index is 898. The number of thiophene rings is 1. The zero-order valence-corrected chi connectivity index (χ0v) is 17.1. The zero-order valence-electron chi connectivity index (χ0n) is 15.4. The minimum absolute atomic E-state index is 0.0267. The summed E-state index contributed by atoms with van der Waals surface area (Å²) in [6.45, 7) is 2.80. The lowest BCUT2D eigenvalue weighted by Gasteiger charge is -2.31. The monoisotopic (exact) mass is 397 g/mol. The number of carbonyl (C=O) groups is 1. The van der Waals surface area contributed by atoms with Gasteiger partial charge in [0, 0.05) is 48.7 Å². The number of carbonyl (C=O) groups excluding carboxylic acids is 1. The van der Waals surface area contributed by atoms with E-state index in [1.807, 2.05) is 23.9 Å². The summed E-state index contributed by atoms with van der Waals surface area (Å²) in [7, 11) is 1.86. The molecule has 4 nitrogen and oxygen atoms in total. The number of piperidine rings is 1. The van der Waals surface area contributed by atoms with Crippen molar-refractivity contribution in [2.24, 2.45) is 0 Å². The number of rotatable bonds is 5. The second kappa shape index (κ2) is 8.23. The molecule has 4 rings (SSSR count). The number of nitrogens with zero attached hydrogens (tertiary/aromatic N) is 3. The van der Waals surface area contributed by atoms with E-state index in [-0.39, 0.29) is 5.91 Å². The van der Waals surface area contributed by atoms with Gasteiger partial charge in [-0.05, 0) is 42.3 Å². The van der Waals surface area contributed by atoms with Gasteiger partial charge in [-0.2, -0.15) is 11.3 Å². The molecule has 0 saturated carbocycles. The summed E-state index contributed by atoms with van der Waals surface area (Å²) in [5, 5.41) is 6.86. The second-order valence-electron chi connectivity index (χ2n) is 6.89. The van der Waals surface area contributed by atoms with Gasteiger partial charge in [0.05, 0.1) is 0 Å². The first kappa shape index (κ1) is 18.2. The number of hydrogen-bond donors (Lipinski definition) is 0. The predicted octanol–water partition coefficient (Wildman–Crippen LogP) is 5.13. The Morgan fingerprint density at radius 3 is 2.74 bits per heavy atom. The molecule has 0 bridgehead atoms. The number of amides is 1. The van der Waals surface area contributed by atoms with Gasteiger partial charge >= 0.3 is 0 Å². The summed E-state index contributed by atoms with van der Waals surface area (Å²) in [5.74, 6) is -0.0267. The molecule has 0 atom stereocenters. The average molecular weight is 398 g/mol. The van der Waals surface area contributed by atoms with Crippen molar-refractivity contribution in [3.8, 4) is 10.6 Å². The van der Waals surface area contributed by atoms with Gasteiger partial charge in [-0.15, -0.1) is 11.3 Å². The lowest BCUT2D eigenvalue weighted by Crippen LogP contribution is -2.32. The van der Waals surface area contributed by atoms with Crippen molar-refractivity contribution < 1.29 is 4.79 Å². The van der Waals surface area contributed by atoms with Crippen molar-refractivity contribution in [3.63, 3.8) is 0 Å². The summed E-state index contributed by atoms with van der Waals surface area (Å²) in [6, 6.07) is 10.5. The molecule has 27 heavy (non-hydrogen) atoms. The topological polar surface area (TPSA) is 36.4 Å². The summed E-state index contributed by atoms with van der Waals surface area (Å²) in [6.07, 6.45) is 3.80. The molecule has 1 aliphatic heterocycles. The third-order valence-corrected chi connectivity index (χ3v) is 6.51. The standard InChI is InChI=1S/C21H23N3OS2/c1-23(21(25)18-15-27-20(22-18)17-9-12-26-14-17)13-16-7-3-4-8-19(16)24-10-5-2-6-11-24/h3-4,7-9,12,14-15H,2,5-6,10-11,13H2,1H3. The van der Waals surface area contributed by atoms with Gasteiger partial charge in [0.25, 0.3) is 5.91 Å². The van der Waals surface area contributed by atoms with E-state index in [1.54, 1.807) is 16.2 Å². The van der Waals surface area contributed by atoms with E-state index in [1.165, 1.54) is 41.9 Å². The van der Waals surface area contributed by atoms with Gasteiger partial charge < -0.3 is 9.80 Å². The third kappa shape index (κ3) is 4.06. The van der Waals surface area contributed by atoms with Gasteiger partial charge in [0.2, 0.25) is 0 Å². The fraction of sp³-hybridized carbons (Fsp3) is 0.333. The predicted molar refractivity (Wildman–Crippen MR) is 114 cm³/mol. The highest BCUT2D eigenvalue weighted by Crippen LogP contribution is 2.28. The Morgan fingerprint density at radius 2 is 1.96 bits per heavy atom. The van der Waals surface area contributed by atoms with Crippen LogP contribution in [0.4, 0.5) is 5.69 Å². The van der Waals surface area contributed by atoms with E-state index in [0.717, 1.165) is 23.7 Å². The molecule has 2 aromatic heterocycles. The number of anilines is 1. The fourth-order valence-electron chi connectivity index (χ4n) is 3.50. The molecule has 0 unspecified atom stereocenters. The van der Waals surface area contributed by atoms with Crippen LogP contribution >= 0.6 is 22.7 Å². The van der Waals surface area contributed by atoms with E-state index in [2.05, 4.69) is 39.5 Å². The van der Waals surface area contributed by atoms with Crippen LogP contribution in [0.1, 0.15) is 35.3 Å². The first-order chi connectivity index (χ1) is 13.2. The Kier molecular flexibility index (Phi) is 5.55. The van der Waals surface area contributed by atoms with Crippen LogP contribution < -0.4 is 4.90 Å². The maximum absolute atomic E-state index is 12.9. The normalized spacial score (nSPS) is 14.3. The second-order valence-corrected chi connectivity index (χ2v) is 8.53. The number of hydrogen-bond acceptors (Lipinski definition) is 5. The molecule has 1 amide bonds. The van der Waals surface area contributed by atoms with Crippen LogP contribution in [-0.2, 0) is 6.54 Å². The van der Waals surface area contributed by atoms with E-state index in [0.29, 0.717) is 12.2 Å². The van der Waals surface area contributed by atoms with Crippen molar-refractivity contribution in [1.82, 2.24) is 9.88 Å². The number of thiazole rings is 1. The van der Waals surface area contributed by atoms with Gasteiger partial charge in [-0.1, -0.05) is 18.2 Å². The largest absolute Gasteiger partial charge is 0.371 e. The van der Waals surface area contributed by atoms with Crippen LogP contribution in [-0.4, -0.2) is 35.9 Å². The Labute approximate surface area is 168 Å². The van der Waals surface area contributed by atoms with Gasteiger partial charge in [-0.25, -0.2) is 4.98 Å². The lowest BCUT2D eigenvalue weighted by molar-refractivity contribution is 0.0780. The Morgan fingerprint density at radius 1 is 1.15 bits per heavy atom. The van der Waals surface area contributed by atoms with E-state index in [4.69, 9.17) is 0 Å². The van der Waals surface area contributed by atoms with Crippen molar-refractivity contribution >= 4 is 34.3 Å². The molecule has 0 spiro atoms. The van der Waals surface area contributed by atoms with Gasteiger partial charge in [0.1, 0.15) is 10.7 Å².